The molecule has 2 heterocycles. The van der Waals surface area contributed by atoms with E-state index in [2.05, 4.69) is 15.2 Å². The van der Waals surface area contributed by atoms with Gasteiger partial charge in [0, 0.05) is 18.3 Å². The van der Waals surface area contributed by atoms with Gasteiger partial charge in [-0.3, -0.25) is 9.69 Å². The molecule has 6 heteroatoms. The van der Waals surface area contributed by atoms with Crippen molar-refractivity contribution in [2.45, 2.75) is 25.3 Å². The average Bonchev–Trinajstić information content (AvgIpc) is 2.86. The van der Waals surface area contributed by atoms with E-state index in [-0.39, 0.29) is 11.8 Å². The van der Waals surface area contributed by atoms with Crippen LogP contribution in [-0.2, 0) is 17.2 Å². The Morgan fingerprint density at radius 1 is 1.61 bits per heavy atom. The van der Waals surface area contributed by atoms with E-state index in [1.54, 1.807) is 18.4 Å². The lowest BCUT2D eigenvalue weighted by atomic mass is 9.96. The second kappa shape index (κ2) is 6.50. The highest BCUT2D eigenvalue weighted by Crippen LogP contribution is 2.20. The monoisotopic (exact) mass is 287 g/mol. The van der Waals surface area contributed by atoms with E-state index < -0.39 is 0 Å². The summed E-state index contributed by atoms with van der Waals surface area (Å²) in [6, 6.07) is 0. The highest BCUT2D eigenvalue weighted by molar-refractivity contribution is 7.09. The van der Waals surface area contributed by atoms with Crippen LogP contribution in [0.3, 0.4) is 0 Å². The van der Waals surface area contributed by atoms with Crippen LogP contribution in [0.25, 0.3) is 0 Å². The van der Waals surface area contributed by atoms with E-state index in [4.69, 9.17) is 11.6 Å². The molecular weight excluding hydrogens is 270 g/mol. The zero-order valence-electron chi connectivity index (χ0n) is 10.5. The summed E-state index contributed by atoms with van der Waals surface area (Å²) in [5, 5.41) is 5.86. The van der Waals surface area contributed by atoms with Crippen molar-refractivity contribution in [3.63, 3.8) is 0 Å². The molecule has 1 aliphatic rings. The lowest BCUT2D eigenvalue weighted by molar-refractivity contribution is -0.125. The maximum Gasteiger partial charge on any atom is 0.222 e. The molecule has 0 atom stereocenters. The number of piperidine rings is 1. The Morgan fingerprint density at radius 3 is 2.89 bits per heavy atom. The molecule has 2 rings (SSSR count). The molecule has 1 aromatic heterocycles. The van der Waals surface area contributed by atoms with Crippen LogP contribution in [0.2, 0.25) is 0 Å². The van der Waals surface area contributed by atoms with Gasteiger partial charge in [0.15, 0.2) is 0 Å². The number of carbonyl (C=O) groups is 1. The standard InChI is InChI=1S/C12H18ClN3OS/c1-14-12(17)9-2-4-16(5-3-9)7-11-15-10(6-13)8-18-11/h8-9H,2-7H2,1H3,(H,14,17). The van der Waals surface area contributed by atoms with Crippen molar-refractivity contribution in [2.75, 3.05) is 20.1 Å². The zero-order chi connectivity index (χ0) is 13.0. The summed E-state index contributed by atoms with van der Waals surface area (Å²) >= 11 is 7.40. The molecule has 1 fully saturated rings. The van der Waals surface area contributed by atoms with Crippen molar-refractivity contribution >= 4 is 28.8 Å². The molecule has 18 heavy (non-hydrogen) atoms. The van der Waals surface area contributed by atoms with Crippen LogP contribution >= 0.6 is 22.9 Å². The first-order valence-electron chi connectivity index (χ1n) is 6.16. The van der Waals surface area contributed by atoms with Crippen LogP contribution in [0, 0.1) is 5.92 Å². The molecule has 0 saturated carbocycles. The van der Waals surface area contributed by atoms with E-state index in [1.165, 1.54) is 0 Å². The molecule has 0 bridgehead atoms. The number of hydrogen-bond donors (Lipinski definition) is 1. The number of hydrogen-bond acceptors (Lipinski definition) is 4. The second-order valence-electron chi connectivity index (χ2n) is 4.53. The summed E-state index contributed by atoms with van der Waals surface area (Å²) in [6.07, 6.45) is 1.88. The number of aromatic nitrogens is 1. The Kier molecular flexibility index (Phi) is 4.97. The van der Waals surface area contributed by atoms with Crippen molar-refractivity contribution < 1.29 is 4.79 Å². The fraction of sp³-hybridized carbons (Fsp3) is 0.667. The van der Waals surface area contributed by atoms with Crippen molar-refractivity contribution in [3.8, 4) is 0 Å². The number of likely N-dealkylation sites (tertiary alicyclic amines) is 1. The number of halogens is 1. The van der Waals surface area contributed by atoms with Gasteiger partial charge in [0.2, 0.25) is 5.91 Å². The highest BCUT2D eigenvalue weighted by atomic mass is 35.5. The molecule has 0 aromatic carbocycles. The Balaban J connectivity index is 1.81. The molecule has 1 saturated heterocycles. The first kappa shape index (κ1) is 13.8. The average molecular weight is 288 g/mol. The smallest absolute Gasteiger partial charge is 0.222 e. The predicted octanol–water partition coefficient (Wildman–Crippen LogP) is 1.84. The number of nitrogens with one attached hydrogen (secondary N) is 1. The van der Waals surface area contributed by atoms with Crippen molar-refractivity contribution in [1.29, 1.82) is 0 Å². The number of carbonyl (C=O) groups excluding carboxylic acids is 1. The molecule has 0 radical (unpaired) electrons. The largest absolute Gasteiger partial charge is 0.359 e. The molecule has 4 nitrogen and oxygen atoms in total. The summed E-state index contributed by atoms with van der Waals surface area (Å²) in [5.74, 6) is 0.837. The van der Waals surface area contributed by atoms with Gasteiger partial charge < -0.3 is 5.32 Å². The van der Waals surface area contributed by atoms with Crippen molar-refractivity contribution in [3.05, 3.63) is 16.1 Å². The number of alkyl halides is 1. The Hall–Kier alpha value is -0.650. The Morgan fingerprint density at radius 2 is 2.33 bits per heavy atom. The quantitative estimate of drug-likeness (QED) is 0.860. The van der Waals surface area contributed by atoms with Crippen LogP contribution in [0.4, 0.5) is 0 Å². The highest BCUT2D eigenvalue weighted by Gasteiger charge is 2.24. The van der Waals surface area contributed by atoms with Crippen LogP contribution in [0.5, 0.6) is 0 Å². The van der Waals surface area contributed by atoms with Gasteiger partial charge >= 0.3 is 0 Å². The minimum absolute atomic E-state index is 0.174. The normalized spacial score (nSPS) is 17.9. The van der Waals surface area contributed by atoms with Gasteiger partial charge in [0.1, 0.15) is 5.01 Å². The van der Waals surface area contributed by atoms with Crippen LogP contribution in [0.15, 0.2) is 5.38 Å². The van der Waals surface area contributed by atoms with Crippen molar-refractivity contribution in [1.82, 2.24) is 15.2 Å². The third-order valence-corrected chi connectivity index (χ3v) is 4.46. The fourth-order valence-electron chi connectivity index (χ4n) is 2.23. The zero-order valence-corrected chi connectivity index (χ0v) is 12.1. The predicted molar refractivity (Wildman–Crippen MR) is 73.7 cm³/mol. The number of thiazole rings is 1. The van der Waals surface area contributed by atoms with E-state index in [9.17, 15) is 4.79 Å². The minimum Gasteiger partial charge on any atom is -0.359 e. The van der Waals surface area contributed by atoms with E-state index >= 15 is 0 Å². The minimum atomic E-state index is 0.174. The molecule has 1 amide bonds. The molecule has 1 aliphatic heterocycles. The lowest BCUT2D eigenvalue weighted by Gasteiger charge is -2.30. The first-order valence-corrected chi connectivity index (χ1v) is 7.57. The van der Waals surface area contributed by atoms with Gasteiger partial charge in [-0.05, 0) is 25.9 Å². The van der Waals surface area contributed by atoms with Crippen molar-refractivity contribution in [2.24, 2.45) is 5.92 Å². The molecular formula is C12H18ClN3OS. The summed E-state index contributed by atoms with van der Waals surface area (Å²) in [7, 11) is 1.71. The van der Waals surface area contributed by atoms with Gasteiger partial charge in [-0.25, -0.2) is 4.98 Å². The molecule has 100 valence electrons. The topological polar surface area (TPSA) is 45.2 Å². The summed E-state index contributed by atoms with van der Waals surface area (Å²) < 4.78 is 0. The maximum atomic E-state index is 11.5. The summed E-state index contributed by atoms with van der Waals surface area (Å²) in [6.45, 7) is 2.81. The molecule has 0 unspecified atom stereocenters. The van der Waals surface area contributed by atoms with Gasteiger partial charge in [-0.15, -0.1) is 22.9 Å². The number of nitrogens with zero attached hydrogens (tertiary/aromatic N) is 2. The lowest BCUT2D eigenvalue weighted by Crippen LogP contribution is -2.39. The van der Waals surface area contributed by atoms with Crippen LogP contribution < -0.4 is 5.32 Å². The van der Waals surface area contributed by atoms with Gasteiger partial charge in [-0.2, -0.15) is 0 Å². The van der Waals surface area contributed by atoms with E-state index in [1.807, 2.05) is 5.38 Å². The van der Waals surface area contributed by atoms with Gasteiger partial charge in [0.25, 0.3) is 0 Å². The maximum absolute atomic E-state index is 11.5. The summed E-state index contributed by atoms with van der Waals surface area (Å²) in [4.78, 5) is 18.3. The Labute approximate surface area is 116 Å². The molecule has 0 aliphatic carbocycles. The third-order valence-electron chi connectivity index (χ3n) is 3.30. The van der Waals surface area contributed by atoms with E-state index in [0.29, 0.717) is 5.88 Å². The SMILES string of the molecule is CNC(=O)C1CCN(Cc2nc(CCl)cs2)CC1. The Bertz CT molecular complexity index is 402. The number of amides is 1. The van der Waals surface area contributed by atoms with Crippen LogP contribution in [-0.4, -0.2) is 35.9 Å². The first-order chi connectivity index (χ1) is 8.72. The number of rotatable bonds is 4. The van der Waals surface area contributed by atoms with Gasteiger partial charge in [-0.1, -0.05) is 0 Å². The third kappa shape index (κ3) is 3.43. The summed E-state index contributed by atoms with van der Waals surface area (Å²) in [5.41, 5.74) is 0.955. The second-order valence-corrected chi connectivity index (χ2v) is 5.74. The molecule has 0 spiro atoms. The van der Waals surface area contributed by atoms with Gasteiger partial charge in [0.05, 0.1) is 18.1 Å². The molecule has 1 N–H and O–H groups in total. The van der Waals surface area contributed by atoms with E-state index in [0.717, 1.165) is 43.2 Å². The molecule has 1 aromatic rings. The fourth-order valence-corrected chi connectivity index (χ4v) is 3.30. The van der Waals surface area contributed by atoms with Crippen LogP contribution in [0.1, 0.15) is 23.5 Å².